The molecule has 1 aliphatic heterocycles. The van der Waals surface area contributed by atoms with Crippen molar-refractivity contribution in [1.82, 2.24) is 0 Å². The van der Waals surface area contributed by atoms with Crippen molar-refractivity contribution in [3.05, 3.63) is 40.6 Å². The molecule has 1 heterocycles. The molecule has 114 valence electrons. The molecule has 1 fully saturated rings. The van der Waals surface area contributed by atoms with Crippen molar-refractivity contribution in [2.24, 2.45) is 0 Å². The Labute approximate surface area is 132 Å². The molecule has 0 amide bonds. The van der Waals surface area contributed by atoms with Crippen molar-refractivity contribution in [3.8, 4) is 0 Å². The fourth-order valence-electron chi connectivity index (χ4n) is 3.02. The summed E-state index contributed by atoms with van der Waals surface area (Å²) in [5, 5.41) is 0. The van der Waals surface area contributed by atoms with E-state index in [1.807, 2.05) is 18.8 Å². The average Bonchev–Trinajstić information content (AvgIpc) is 2.73. The Morgan fingerprint density at radius 1 is 1.24 bits per heavy atom. The predicted octanol–water partition coefficient (Wildman–Crippen LogP) is 3.82. The van der Waals surface area contributed by atoms with Crippen LogP contribution in [0, 0.1) is 0 Å². The van der Waals surface area contributed by atoms with Gasteiger partial charge < -0.3 is 0 Å². The van der Waals surface area contributed by atoms with E-state index in [-0.39, 0.29) is 20.6 Å². The standard InChI is InChI=1S/C16H21O3PSe/c1-2-18-20(17)13-15(21-14-9-5-3-6-10-14)16(19-20)11-7-4-8-12-16/h3,5-6,9-10,13H,2,4,7-8,11-12H2,1H3. The molecule has 3 nitrogen and oxygen atoms in total. The van der Waals surface area contributed by atoms with Gasteiger partial charge in [0.25, 0.3) is 0 Å². The Bertz CT molecular complexity index is 564. The van der Waals surface area contributed by atoms with E-state index in [9.17, 15) is 4.57 Å². The molecule has 1 aromatic carbocycles. The normalized spacial score (nSPS) is 27.8. The van der Waals surface area contributed by atoms with Crippen molar-refractivity contribution < 1.29 is 13.6 Å². The zero-order valence-electron chi connectivity index (χ0n) is 12.3. The Morgan fingerprint density at radius 3 is 2.62 bits per heavy atom. The van der Waals surface area contributed by atoms with Crippen LogP contribution in [0.4, 0.5) is 0 Å². The first kappa shape index (κ1) is 15.5. The van der Waals surface area contributed by atoms with E-state index in [1.165, 1.54) is 15.4 Å². The molecular formula is C16H21O3PSe. The quantitative estimate of drug-likeness (QED) is 0.596. The molecular weight excluding hydrogens is 350 g/mol. The van der Waals surface area contributed by atoms with Crippen LogP contribution in [-0.2, 0) is 13.6 Å². The van der Waals surface area contributed by atoms with Crippen molar-refractivity contribution in [3.63, 3.8) is 0 Å². The van der Waals surface area contributed by atoms with Gasteiger partial charge in [-0.3, -0.25) is 0 Å². The summed E-state index contributed by atoms with van der Waals surface area (Å²) in [5.41, 5.74) is -0.321. The second-order valence-corrected chi connectivity index (χ2v) is 9.63. The number of hydrogen-bond donors (Lipinski definition) is 0. The van der Waals surface area contributed by atoms with Gasteiger partial charge in [-0.15, -0.1) is 0 Å². The summed E-state index contributed by atoms with van der Waals surface area (Å²) in [5.74, 6) is 1.83. The van der Waals surface area contributed by atoms with Gasteiger partial charge in [0.2, 0.25) is 0 Å². The SMILES string of the molecule is CCOP1(=O)C=C([Se]c2ccccc2)C2(CCCCC2)O1. The number of hydrogen-bond acceptors (Lipinski definition) is 3. The van der Waals surface area contributed by atoms with Crippen LogP contribution in [0.25, 0.3) is 0 Å². The van der Waals surface area contributed by atoms with Crippen LogP contribution in [0.2, 0.25) is 0 Å². The molecule has 5 heteroatoms. The molecule has 1 aromatic rings. The van der Waals surface area contributed by atoms with Gasteiger partial charge in [-0.25, -0.2) is 0 Å². The summed E-state index contributed by atoms with van der Waals surface area (Å²) in [6, 6.07) is 10.4. The molecule has 3 rings (SSSR count). The van der Waals surface area contributed by atoms with E-state index >= 15 is 0 Å². The minimum atomic E-state index is -3.04. The molecule has 0 radical (unpaired) electrons. The van der Waals surface area contributed by atoms with Crippen molar-refractivity contribution in [2.75, 3.05) is 6.61 Å². The fraction of sp³-hybridized carbons (Fsp3) is 0.500. The first-order valence-corrected chi connectivity index (χ1v) is 10.9. The van der Waals surface area contributed by atoms with Crippen LogP contribution in [0.1, 0.15) is 39.0 Å². The van der Waals surface area contributed by atoms with Gasteiger partial charge in [-0.05, 0) is 0 Å². The molecule has 0 saturated heterocycles. The van der Waals surface area contributed by atoms with Crippen LogP contribution in [0.3, 0.4) is 0 Å². The van der Waals surface area contributed by atoms with Crippen LogP contribution < -0.4 is 4.46 Å². The first-order valence-electron chi connectivity index (χ1n) is 7.57. The average molecular weight is 371 g/mol. The minimum absolute atomic E-state index is 0.155. The topological polar surface area (TPSA) is 35.5 Å². The molecule has 21 heavy (non-hydrogen) atoms. The van der Waals surface area contributed by atoms with E-state index in [2.05, 4.69) is 24.3 Å². The van der Waals surface area contributed by atoms with E-state index in [4.69, 9.17) is 9.05 Å². The van der Waals surface area contributed by atoms with Gasteiger partial charge in [0.05, 0.1) is 0 Å². The van der Waals surface area contributed by atoms with E-state index in [0.717, 1.165) is 25.7 Å². The Hall–Kier alpha value is -0.371. The second-order valence-electron chi connectivity index (χ2n) is 5.51. The Kier molecular flexibility index (Phi) is 4.73. The third-order valence-electron chi connectivity index (χ3n) is 3.97. The van der Waals surface area contributed by atoms with Gasteiger partial charge in [0.15, 0.2) is 0 Å². The monoisotopic (exact) mass is 372 g/mol. The third kappa shape index (κ3) is 3.36. The Morgan fingerprint density at radius 2 is 1.95 bits per heavy atom. The molecule has 1 atom stereocenters. The van der Waals surface area contributed by atoms with Gasteiger partial charge in [-0.2, -0.15) is 0 Å². The predicted molar refractivity (Wildman–Crippen MR) is 86.0 cm³/mol. The van der Waals surface area contributed by atoms with Crippen LogP contribution >= 0.6 is 7.60 Å². The molecule has 0 N–H and O–H groups in total. The molecule has 0 aromatic heterocycles. The van der Waals surface area contributed by atoms with Gasteiger partial charge in [0.1, 0.15) is 0 Å². The summed E-state index contributed by atoms with van der Waals surface area (Å²) in [6.45, 7) is 2.29. The van der Waals surface area contributed by atoms with Crippen LogP contribution in [0.5, 0.6) is 0 Å². The van der Waals surface area contributed by atoms with E-state index in [1.54, 1.807) is 0 Å². The van der Waals surface area contributed by atoms with Gasteiger partial charge in [-0.1, -0.05) is 0 Å². The van der Waals surface area contributed by atoms with E-state index in [0.29, 0.717) is 6.61 Å². The van der Waals surface area contributed by atoms with E-state index < -0.39 is 7.60 Å². The van der Waals surface area contributed by atoms with Crippen molar-refractivity contribution in [2.45, 2.75) is 44.6 Å². The summed E-state index contributed by atoms with van der Waals surface area (Å²) in [4.78, 5) is 0. The number of benzene rings is 1. The first-order chi connectivity index (χ1) is 10.2. The maximum atomic E-state index is 12.8. The molecule has 1 saturated carbocycles. The second kappa shape index (κ2) is 6.40. The maximum absolute atomic E-state index is 12.8. The number of rotatable bonds is 4. The van der Waals surface area contributed by atoms with Crippen molar-refractivity contribution >= 4 is 27.0 Å². The summed E-state index contributed by atoms with van der Waals surface area (Å²) in [6.07, 6.45) is 5.49. The molecule has 0 bridgehead atoms. The van der Waals surface area contributed by atoms with Crippen LogP contribution in [-0.4, -0.2) is 27.2 Å². The zero-order chi connectivity index (χ0) is 14.8. The van der Waals surface area contributed by atoms with Crippen molar-refractivity contribution in [1.29, 1.82) is 0 Å². The molecule has 2 aliphatic rings. The third-order valence-corrected chi connectivity index (χ3v) is 8.71. The summed E-state index contributed by atoms with van der Waals surface area (Å²) in [7, 11) is -3.04. The zero-order valence-corrected chi connectivity index (χ0v) is 14.9. The summed E-state index contributed by atoms with van der Waals surface area (Å²) >= 11 is 0.155. The molecule has 1 unspecified atom stereocenters. The fourth-order valence-corrected chi connectivity index (χ4v) is 8.24. The molecule has 1 spiro atoms. The molecule has 1 aliphatic carbocycles. The Balaban J connectivity index is 1.90. The van der Waals surface area contributed by atoms with Gasteiger partial charge in [0, 0.05) is 0 Å². The van der Waals surface area contributed by atoms with Gasteiger partial charge >= 0.3 is 132 Å². The van der Waals surface area contributed by atoms with Crippen LogP contribution in [0.15, 0.2) is 40.6 Å². The summed E-state index contributed by atoms with van der Waals surface area (Å²) < 4.78 is 26.8.